The van der Waals surface area contributed by atoms with Gasteiger partial charge in [-0.05, 0) is 50.3 Å². The van der Waals surface area contributed by atoms with Gasteiger partial charge in [0.15, 0.2) is 0 Å². The van der Waals surface area contributed by atoms with Crippen LogP contribution < -0.4 is 5.32 Å². The molecule has 0 aliphatic heterocycles. The number of hydrogen-bond donors (Lipinski definition) is 1. The van der Waals surface area contributed by atoms with E-state index >= 15 is 0 Å². The van der Waals surface area contributed by atoms with E-state index < -0.39 is 6.04 Å². The van der Waals surface area contributed by atoms with Crippen molar-refractivity contribution in [2.45, 2.75) is 77.3 Å². The number of thioether (sulfide) groups is 1. The molecule has 178 valence electrons. The summed E-state index contributed by atoms with van der Waals surface area (Å²) in [5.74, 6) is 1.01. The Hall–Kier alpha value is -1.98. The van der Waals surface area contributed by atoms with Crippen LogP contribution in [0, 0.1) is 13.8 Å². The number of carbonyl (C=O) groups excluding carboxylic acids is 2. The maximum Gasteiger partial charge on any atom is 0.243 e. The molecule has 1 fully saturated rings. The van der Waals surface area contributed by atoms with Gasteiger partial charge < -0.3 is 10.2 Å². The van der Waals surface area contributed by atoms with E-state index in [-0.39, 0.29) is 17.9 Å². The van der Waals surface area contributed by atoms with Crippen LogP contribution in [0.25, 0.3) is 0 Å². The van der Waals surface area contributed by atoms with Crippen LogP contribution in [0.15, 0.2) is 42.5 Å². The Morgan fingerprint density at radius 1 is 1.12 bits per heavy atom. The molecule has 0 saturated heterocycles. The number of carbonyl (C=O) groups is 2. The van der Waals surface area contributed by atoms with Crippen LogP contribution in [-0.2, 0) is 21.9 Å². The SMILES string of the molecule is CC[C@H](C(=O)NC1CCCC1)N(Cc1ccccc1Cl)C(=O)CSCc1cc(C)cc(C)c1. The number of benzene rings is 2. The van der Waals surface area contributed by atoms with Crippen LogP contribution in [0.1, 0.15) is 61.3 Å². The molecule has 33 heavy (non-hydrogen) atoms. The van der Waals surface area contributed by atoms with Crippen LogP contribution in [0.2, 0.25) is 5.02 Å². The molecule has 4 nitrogen and oxygen atoms in total. The number of halogens is 1. The largest absolute Gasteiger partial charge is 0.352 e. The topological polar surface area (TPSA) is 49.4 Å². The van der Waals surface area contributed by atoms with Gasteiger partial charge in [-0.15, -0.1) is 11.8 Å². The molecule has 0 heterocycles. The lowest BCUT2D eigenvalue weighted by atomic mass is 10.1. The molecule has 1 atom stereocenters. The third-order valence-corrected chi connectivity index (χ3v) is 7.52. The Labute approximate surface area is 207 Å². The molecule has 2 aromatic rings. The fourth-order valence-corrected chi connectivity index (χ4v) is 5.63. The van der Waals surface area contributed by atoms with Crippen molar-refractivity contribution < 1.29 is 9.59 Å². The van der Waals surface area contributed by atoms with Crippen molar-refractivity contribution in [3.05, 3.63) is 69.7 Å². The summed E-state index contributed by atoms with van der Waals surface area (Å²) >= 11 is 8.00. The van der Waals surface area contributed by atoms with Crippen molar-refractivity contribution in [3.8, 4) is 0 Å². The summed E-state index contributed by atoms with van der Waals surface area (Å²) < 4.78 is 0. The van der Waals surface area contributed by atoms with Gasteiger partial charge in [0.2, 0.25) is 11.8 Å². The second-order valence-corrected chi connectivity index (χ2v) is 10.4. The Bertz CT molecular complexity index is 939. The van der Waals surface area contributed by atoms with E-state index in [9.17, 15) is 9.59 Å². The van der Waals surface area contributed by atoms with Gasteiger partial charge in [-0.25, -0.2) is 0 Å². The molecule has 1 aliphatic carbocycles. The zero-order valence-electron chi connectivity index (χ0n) is 19.9. The van der Waals surface area contributed by atoms with Gasteiger partial charge in [-0.2, -0.15) is 0 Å². The Balaban J connectivity index is 1.72. The lowest BCUT2D eigenvalue weighted by molar-refractivity contribution is -0.139. The minimum absolute atomic E-state index is 0.0299. The molecule has 0 aromatic heterocycles. The summed E-state index contributed by atoms with van der Waals surface area (Å²) in [6, 6.07) is 13.7. The predicted molar refractivity (Wildman–Crippen MR) is 139 cm³/mol. The van der Waals surface area contributed by atoms with E-state index in [1.165, 1.54) is 16.7 Å². The standard InChI is InChI=1S/C27H35ClN2O2S/c1-4-25(27(32)29-23-10-6-7-11-23)30(16-22-9-5-8-12-24(22)28)26(31)18-33-17-21-14-19(2)13-20(3)15-21/h5,8-9,12-15,23,25H,4,6-7,10-11,16-18H2,1-3H3,(H,29,32)/t25-/m1/s1. The first-order chi connectivity index (χ1) is 15.9. The van der Waals surface area contributed by atoms with Crippen molar-refractivity contribution in [2.75, 3.05) is 5.75 Å². The summed E-state index contributed by atoms with van der Waals surface area (Å²) in [5.41, 5.74) is 4.53. The lowest BCUT2D eigenvalue weighted by Crippen LogP contribution is -2.51. The summed E-state index contributed by atoms with van der Waals surface area (Å²) in [6.07, 6.45) is 4.91. The second kappa shape index (κ2) is 12.5. The summed E-state index contributed by atoms with van der Waals surface area (Å²) in [5, 5.41) is 3.80. The quantitative estimate of drug-likeness (QED) is 0.444. The highest BCUT2D eigenvalue weighted by atomic mass is 35.5. The minimum atomic E-state index is -0.504. The smallest absolute Gasteiger partial charge is 0.243 e. The molecular weight excluding hydrogens is 452 g/mol. The van der Waals surface area contributed by atoms with E-state index in [0.29, 0.717) is 23.7 Å². The van der Waals surface area contributed by atoms with E-state index in [2.05, 4.69) is 37.4 Å². The highest BCUT2D eigenvalue weighted by Crippen LogP contribution is 2.23. The monoisotopic (exact) mass is 486 g/mol. The molecule has 2 amide bonds. The predicted octanol–water partition coefficient (Wildman–Crippen LogP) is 6.06. The van der Waals surface area contributed by atoms with E-state index in [0.717, 1.165) is 37.0 Å². The normalized spacial score (nSPS) is 14.8. The summed E-state index contributed by atoms with van der Waals surface area (Å²) in [6.45, 7) is 6.48. The molecule has 1 N–H and O–H groups in total. The first-order valence-corrected chi connectivity index (χ1v) is 13.4. The highest BCUT2D eigenvalue weighted by molar-refractivity contribution is 7.99. The molecule has 1 aliphatic rings. The average molecular weight is 487 g/mol. The molecule has 0 bridgehead atoms. The molecule has 0 radical (unpaired) electrons. The molecule has 3 rings (SSSR count). The van der Waals surface area contributed by atoms with Crippen LogP contribution >= 0.6 is 23.4 Å². The third kappa shape index (κ3) is 7.51. The van der Waals surface area contributed by atoms with E-state index in [4.69, 9.17) is 11.6 Å². The van der Waals surface area contributed by atoms with Crippen molar-refractivity contribution in [1.29, 1.82) is 0 Å². The van der Waals surface area contributed by atoms with Gasteiger partial charge in [-0.3, -0.25) is 9.59 Å². The Morgan fingerprint density at radius 3 is 2.42 bits per heavy atom. The maximum atomic E-state index is 13.4. The van der Waals surface area contributed by atoms with Gasteiger partial charge >= 0.3 is 0 Å². The van der Waals surface area contributed by atoms with Crippen molar-refractivity contribution in [3.63, 3.8) is 0 Å². The fourth-order valence-electron chi connectivity index (χ4n) is 4.59. The molecule has 0 unspecified atom stereocenters. The number of nitrogens with zero attached hydrogens (tertiary/aromatic N) is 1. The number of amides is 2. The van der Waals surface area contributed by atoms with E-state index in [1.54, 1.807) is 16.7 Å². The number of hydrogen-bond acceptors (Lipinski definition) is 3. The number of nitrogens with one attached hydrogen (secondary N) is 1. The van der Waals surface area contributed by atoms with Gasteiger partial charge in [0, 0.05) is 23.4 Å². The highest BCUT2D eigenvalue weighted by Gasteiger charge is 2.30. The zero-order chi connectivity index (χ0) is 23.8. The molecule has 2 aromatic carbocycles. The van der Waals surface area contributed by atoms with Crippen molar-refractivity contribution in [1.82, 2.24) is 10.2 Å². The zero-order valence-corrected chi connectivity index (χ0v) is 21.5. The summed E-state index contributed by atoms with van der Waals surface area (Å²) in [4.78, 5) is 28.3. The van der Waals surface area contributed by atoms with Crippen LogP contribution in [0.3, 0.4) is 0 Å². The van der Waals surface area contributed by atoms with Gasteiger partial charge in [0.25, 0.3) is 0 Å². The fraction of sp³-hybridized carbons (Fsp3) is 0.481. The van der Waals surface area contributed by atoms with Gasteiger partial charge in [-0.1, -0.05) is 78.9 Å². The average Bonchev–Trinajstić information content (AvgIpc) is 3.27. The van der Waals surface area contributed by atoms with Crippen molar-refractivity contribution >= 4 is 35.2 Å². The number of aryl methyl sites for hydroxylation is 2. The Kier molecular flexibility index (Phi) is 9.69. The lowest BCUT2D eigenvalue weighted by Gasteiger charge is -2.31. The van der Waals surface area contributed by atoms with E-state index in [1.807, 2.05) is 31.2 Å². The van der Waals surface area contributed by atoms with Gasteiger partial charge in [0.05, 0.1) is 5.75 Å². The Morgan fingerprint density at radius 2 is 1.79 bits per heavy atom. The minimum Gasteiger partial charge on any atom is -0.352 e. The molecular formula is C27H35ClN2O2S. The number of rotatable bonds is 10. The molecule has 6 heteroatoms. The van der Waals surface area contributed by atoms with Crippen LogP contribution in [0.5, 0.6) is 0 Å². The second-order valence-electron chi connectivity index (χ2n) is 9.02. The first-order valence-electron chi connectivity index (χ1n) is 11.9. The maximum absolute atomic E-state index is 13.4. The van der Waals surface area contributed by atoms with Crippen molar-refractivity contribution in [2.24, 2.45) is 0 Å². The summed E-state index contributed by atoms with van der Waals surface area (Å²) in [7, 11) is 0. The van der Waals surface area contributed by atoms with Crippen LogP contribution in [0.4, 0.5) is 0 Å². The van der Waals surface area contributed by atoms with Gasteiger partial charge in [0.1, 0.15) is 6.04 Å². The molecule has 0 spiro atoms. The van der Waals surface area contributed by atoms with Crippen LogP contribution in [-0.4, -0.2) is 34.6 Å². The third-order valence-electron chi connectivity index (χ3n) is 6.16. The first kappa shape index (κ1) is 25.6. The molecule has 1 saturated carbocycles.